The molecule has 0 saturated carbocycles. The van der Waals surface area contributed by atoms with Gasteiger partial charge in [-0.05, 0) is 6.92 Å². The van der Waals surface area contributed by atoms with E-state index in [1.165, 1.54) is 0 Å². The Labute approximate surface area is 406 Å². The fourth-order valence-corrected chi connectivity index (χ4v) is 3.32. The quantitative estimate of drug-likeness (QED) is 0.0803. The van der Waals surface area contributed by atoms with E-state index in [2.05, 4.69) is 9.47 Å². The summed E-state index contributed by atoms with van der Waals surface area (Å²) in [6, 6.07) is 0. The van der Waals surface area contributed by atoms with E-state index in [1.54, 1.807) is 78.2 Å². The third-order valence-electron chi connectivity index (χ3n) is 6.81. The minimum absolute atomic E-state index is 0.575. The molecule has 67 heavy (non-hydrogen) atoms. The van der Waals surface area contributed by atoms with E-state index in [1.807, 2.05) is 6.92 Å². The van der Waals surface area contributed by atoms with Crippen molar-refractivity contribution in [1.29, 1.82) is 0 Å². The molecule has 0 aliphatic rings. The van der Waals surface area contributed by atoms with Crippen LogP contribution in [0.15, 0.2) is 0 Å². The third kappa shape index (κ3) is 112. The largest absolute Gasteiger partial charge is 0.382 e. The van der Waals surface area contributed by atoms with Gasteiger partial charge in [-0.3, -0.25) is 0 Å². The van der Waals surface area contributed by atoms with E-state index in [0.29, 0.717) is 211 Å². The van der Waals surface area contributed by atoms with Gasteiger partial charge in [0.15, 0.2) is 0 Å². The van der Waals surface area contributed by atoms with E-state index < -0.39 is 0 Å². The van der Waals surface area contributed by atoms with Crippen molar-refractivity contribution in [3.8, 4) is 0 Å². The zero-order chi connectivity index (χ0) is 50.9. The van der Waals surface area contributed by atoms with E-state index in [-0.39, 0.29) is 0 Å². The molecular formula is C45H102O22. The Morgan fingerprint density at radius 1 is 0.134 bits per heavy atom. The van der Waals surface area contributed by atoms with E-state index in [0.717, 1.165) is 6.61 Å². The van der Waals surface area contributed by atoms with Crippen molar-refractivity contribution in [2.75, 3.05) is 296 Å². The van der Waals surface area contributed by atoms with Crippen LogP contribution in [0, 0.1) is 0 Å². The molecule has 22 nitrogen and oxygen atoms in total. The summed E-state index contributed by atoms with van der Waals surface area (Å²) in [6.07, 6.45) is 0. The highest BCUT2D eigenvalue weighted by atomic mass is 16.6. The second kappa shape index (κ2) is 91.4. The molecule has 0 N–H and O–H groups in total. The number of rotatable bonds is 49. The molecule has 0 spiro atoms. The maximum Gasteiger partial charge on any atom is 0.0701 e. The van der Waals surface area contributed by atoms with Crippen molar-refractivity contribution >= 4 is 0 Å². The smallest absolute Gasteiger partial charge is 0.0701 e. The van der Waals surface area contributed by atoms with Crippen LogP contribution in [-0.2, 0) is 104 Å². The molecule has 0 aromatic heterocycles. The van der Waals surface area contributed by atoms with E-state index in [4.69, 9.17) is 94.7 Å². The Bertz CT molecular complexity index is 645. The number of hydrogen-bond acceptors (Lipinski definition) is 22. The first-order valence-corrected chi connectivity index (χ1v) is 22.7. The lowest BCUT2D eigenvalue weighted by molar-refractivity contribution is -0.0122. The third-order valence-corrected chi connectivity index (χ3v) is 6.81. The topological polar surface area (TPSA) is 203 Å². The first-order valence-electron chi connectivity index (χ1n) is 22.7. The highest BCUT2D eigenvalue weighted by Gasteiger charge is 1.94. The van der Waals surface area contributed by atoms with Gasteiger partial charge in [0.2, 0.25) is 0 Å². The summed E-state index contributed by atoms with van der Waals surface area (Å²) in [6.45, 7) is 22.7. The molecule has 0 aromatic carbocycles. The maximum absolute atomic E-state index is 5.31. The van der Waals surface area contributed by atoms with Crippen LogP contribution in [0.3, 0.4) is 0 Å². The molecule has 0 aliphatic carbocycles. The van der Waals surface area contributed by atoms with Crippen molar-refractivity contribution in [3.05, 3.63) is 0 Å². The Balaban J connectivity index is -0.000000173. The van der Waals surface area contributed by atoms with Crippen molar-refractivity contribution in [2.24, 2.45) is 0 Å². The van der Waals surface area contributed by atoms with Gasteiger partial charge in [0.1, 0.15) is 0 Å². The van der Waals surface area contributed by atoms with Crippen LogP contribution < -0.4 is 0 Å². The first kappa shape index (κ1) is 77.6. The summed E-state index contributed by atoms with van der Waals surface area (Å²) in [5, 5.41) is 0. The summed E-state index contributed by atoms with van der Waals surface area (Å²) in [4.78, 5) is 0. The fourth-order valence-electron chi connectivity index (χ4n) is 3.32. The van der Waals surface area contributed by atoms with Crippen LogP contribution in [0.4, 0.5) is 0 Å². The minimum atomic E-state index is 0.575. The molecule has 0 amide bonds. The Morgan fingerprint density at radius 2 is 0.224 bits per heavy atom. The van der Waals surface area contributed by atoms with Gasteiger partial charge in [-0.25, -0.2) is 0 Å². The Kier molecular flexibility index (Phi) is 106. The molecule has 0 unspecified atom stereocenters. The van der Waals surface area contributed by atoms with Gasteiger partial charge in [0, 0.05) is 84.8 Å². The lowest BCUT2D eigenvalue weighted by Crippen LogP contribution is -2.13. The zero-order valence-electron chi connectivity index (χ0n) is 44.3. The van der Waals surface area contributed by atoms with Crippen LogP contribution in [0.5, 0.6) is 0 Å². The van der Waals surface area contributed by atoms with Gasteiger partial charge < -0.3 is 104 Å². The van der Waals surface area contributed by atoms with Crippen LogP contribution in [0.1, 0.15) is 6.92 Å². The molecular weight excluding hydrogens is 892 g/mol. The molecule has 0 radical (unpaired) electrons. The summed E-state index contributed by atoms with van der Waals surface area (Å²) in [5.74, 6) is 0. The normalized spacial score (nSPS) is 10.4. The zero-order valence-corrected chi connectivity index (χ0v) is 44.3. The first-order chi connectivity index (χ1) is 33.0. The molecule has 0 saturated heterocycles. The summed E-state index contributed by atoms with van der Waals surface area (Å²) in [5.41, 5.74) is 0. The SMILES string of the molecule is CCOCCOC.COCCOC.COCCOCCOC.COCCOCCOCCOC.COCCOCCOCCOCCOC.COCCOCCOCCOCCOCCOC. The number of hydrogen-bond donors (Lipinski definition) is 0. The second-order valence-electron chi connectivity index (χ2n) is 12.2. The molecule has 0 heterocycles. The fraction of sp³-hybridized carbons (Fsp3) is 1.00. The van der Waals surface area contributed by atoms with Gasteiger partial charge in [-0.1, -0.05) is 0 Å². The minimum Gasteiger partial charge on any atom is -0.382 e. The van der Waals surface area contributed by atoms with Gasteiger partial charge in [0.05, 0.1) is 211 Å². The predicted octanol–water partition coefficient (Wildman–Crippen LogP) is 2.23. The average molecular weight is 995 g/mol. The average Bonchev–Trinajstić information content (AvgIpc) is 3.35. The molecule has 0 bridgehead atoms. The lowest BCUT2D eigenvalue weighted by Gasteiger charge is -2.07. The molecule has 0 aromatic rings. The van der Waals surface area contributed by atoms with Gasteiger partial charge in [-0.2, -0.15) is 0 Å². The van der Waals surface area contributed by atoms with Crippen molar-refractivity contribution in [2.45, 2.75) is 6.92 Å². The maximum atomic E-state index is 5.31. The lowest BCUT2D eigenvalue weighted by atomic mass is 10.7. The van der Waals surface area contributed by atoms with Gasteiger partial charge >= 0.3 is 0 Å². The highest BCUT2D eigenvalue weighted by molar-refractivity contribution is 4.37. The van der Waals surface area contributed by atoms with Gasteiger partial charge in [-0.15, -0.1) is 0 Å². The standard InChI is InChI=1S/C12H26O6.C10H22O5.C8H18O4.C6H14O3.C5H12O2.C4H10O2/c1-13-3-5-15-7-9-17-11-12-18-10-8-16-6-4-14-2;1-11-3-5-13-7-9-15-10-8-14-6-4-12-2;1-9-3-5-11-7-8-12-6-4-10-2;1-7-3-5-9-6-4-8-2;1-3-7-5-4-6-2;1-5-3-4-6-2/h3-12H2,1-2H3;3-10H2,1-2H3;3-8H2,1-2H3;3-6H2,1-2H3;3-5H2,1-2H3;3-4H2,1-2H3. The molecule has 414 valence electrons. The summed E-state index contributed by atoms with van der Waals surface area (Å²) in [7, 11) is 18.2. The van der Waals surface area contributed by atoms with Crippen molar-refractivity contribution < 1.29 is 104 Å². The Hall–Kier alpha value is -0.880. The van der Waals surface area contributed by atoms with Crippen LogP contribution in [0.25, 0.3) is 0 Å². The van der Waals surface area contributed by atoms with Crippen molar-refractivity contribution in [3.63, 3.8) is 0 Å². The van der Waals surface area contributed by atoms with E-state index in [9.17, 15) is 0 Å². The Morgan fingerprint density at radius 3 is 0.328 bits per heavy atom. The van der Waals surface area contributed by atoms with Crippen LogP contribution in [-0.4, -0.2) is 296 Å². The highest BCUT2D eigenvalue weighted by Crippen LogP contribution is 1.85. The van der Waals surface area contributed by atoms with E-state index >= 15 is 0 Å². The van der Waals surface area contributed by atoms with Gasteiger partial charge in [0.25, 0.3) is 0 Å². The number of methoxy groups -OCH3 is 11. The molecule has 22 heteroatoms. The second-order valence-corrected chi connectivity index (χ2v) is 12.2. The van der Waals surface area contributed by atoms with Crippen LogP contribution >= 0.6 is 0 Å². The molecule has 0 aliphatic heterocycles. The summed E-state index contributed by atoms with van der Waals surface area (Å²) < 4.78 is 110. The summed E-state index contributed by atoms with van der Waals surface area (Å²) >= 11 is 0. The van der Waals surface area contributed by atoms with Crippen LogP contribution in [0.2, 0.25) is 0 Å². The molecule has 0 rings (SSSR count). The molecule has 0 fully saturated rings. The monoisotopic (exact) mass is 995 g/mol. The number of ether oxygens (including phenoxy) is 22. The van der Waals surface area contributed by atoms with Crippen molar-refractivity contribution in [1.82, 2.24) is 0 Å². The molecule has 0 atom stereocenters. The predicted molar refractivity (Wildman–Crippen MR) is 255 cm³/mol.